The van der Waals surface area contributed by atoms with E-state index in [0.29, 0.717) is 17.7 Å². The molecule has 5 heteroatoms. The Bertz CT molecular complexity index is 359. The minimum Gasteiger partial charge on any atom is -0.382 e. The molecule has 3 fully saturated rings. The summed E-state index contributed by atoms with van der Waals surface area (Å²) in [7, 11) is 0. The fourth-order valence-corrected chi connectivity index (χ4v) is 4.96. The number of hydrogen-bond donors (Lipinski definition) is 0. The van der Waals surface area contributed by atoms with Gasteiger partial charge in [0, 0.05) is 38.1 Å². The van der Waals surface area contributed by atoms with Gasteiger partial charge in [0.2, 0.25) is 5.91 Å². The van der Waals surface area contributed by atoms with Gasteiger partial charge in [0.25, 0.3) is 0 Å². The first-order chi connectivity index (χ1) is 10.3. The second-order valence-electron chi connectivity index (χ2n) is 6.41. The highest BCUT2D eigenvalue weighted by Gasteiger charge is 2.45. The van der Waals surface area contributed by atoms with E-state index in [1.807, 2.05) is 18.7 Å². The molecule has 3 aliphatic rings. The summed E-state index contributed by atoms with van der Waals surface area (Å²) in [6, 6.07) is 0. The molecular weight excluding hydrogens is 286 g/mol. The van der Waals surface area contributed by atoms with Crippen LogP contribution < -0.4 is 0 Å². The van der Waals surface area contributed by atoms with Crippen molar-refractivity contribution in [3.8, 4) is 0 Å². The lowest BCUT2D eigenvalue weighted by atomic mass is 9.91. The lowest BCUT2D eigenvalue weighted by molar-refractivity contribution is -0.135. The maximum absolute atomic E-state index is 12.6. The van der Waals surface area contributed by atoms with Gasteiger partial charge in [-0.1, -0.05) is 0 Å². The highest BCUT2D eigenvalue weighted by molar-refractivity contribution is 7.99. The van der Waals surface area contributed by atoms with Crippen LogP contribution in [0.3, 0.4) is 0 Å². The molecule has 3 saturated heterocycles. The Kier molecular flexibility index (Phi) is 5.46. The number of fused-ring (bicyclic) bond motifs is 1. The van der Waals surface area contributed by atoms with E-state index in [0.717, 1.165) is 63.7 Å². The van der Waals surface area contributed by atoms with Gasteiger partial charge in [0.1, 0.15) is 0 Å². The van der Waals surface area contributed by atoms with Crippen LogP contribution in [0, 0.1) is 17.8 Å². The summed E-state index contributed by atoms with van der Waals surface area (Å²) >= 11 is 1.98. The van der Waals surface area contributed by atoms with Crippen molar-refractivity contribution >= 4 is 17.7 Å². The van der Waals surface area contributed by atoms with Crippen LogP contribution in [0.2, 0.25) is 0 Å². The Morgan fingerprint density at radius 2 is 2.14 bits per heavy atom. The number of likely N-dealkylation sites (tertiary alicyclic amines) is 1. The van der Waals surface area contributed by atoms with E-state index in [4.69, 9.17) is 9.47 Å². The average Bonchev–Trinajstić information content (AvgIpc) is 3.09. The van der Waals surface area contributed by atoms with Gasteiger partial charge in [0.05, 0.1) is 12.7 Å². The quantitative estimate of drug-likeness (QED) is 0.728. The lowest BCUT2D eigenvalue weighted by Crippen LogP contribution is -2.37. The predicted octanol–water partition coefficient (Wildman–Crippen LogP) is 2.03. The van der Waals surface area contributed by atoms with Crippen molar-refractivity contribution < 1.29 is 14.3 Å². The van der Waals surface area contributed by atoms with Crippen LogP contribution in [0.25, 0.3) is 0 Å². The molecule has 21 heavy (non-hydrogen) atoms. The van der Waals surface area contributed by atoms with Crippen LogP contribution >= 0.6 is 11.8 Å². The summed E-state index contributed by atoms with van der Waals surface area (Å²) < 4.78 is 11.4. The second-order valence-corrected chi connectivity index (χ2v) is 7.64. The van der Waals surface area contributed by atoms with Crippen molar-refractivity contribution in [1.29, 1.82) is 0 Å². The molecule has 0 aromatic heterocycles. The molecule has 3 atom stereocenters. The summed E-state index contributed by atoms with van der Waals surface area (Å²) in [5, 5.41) is 0. The van der Waals surface area contributed by atoms with E-state index in [1.54, 1.807) is 0 Å². The number of hydrogen-bond acceptors (Lipinski definition) is 4. The van der Waals surface area contributed by atoms with Gasteiger partial charge < -0.3 is 14.4 Å². The molecule has 0 radical (unpaired) electrons. The van der Waals surface area contributed by atoms with E-state index in [2.05, 4.69) is 4.90 Å². The SMILES string of the molecule is CCOCC[C@@H]1CO[C@@H]2CN(C(=O)C3CCSCC3)C[C@H]12. The third-order valence-electron chi connectivity index (χ3n) is 5.16. The molecule has 0 aromatic rings. The molecule has 0 aliphatic carbocycles. The smallest absolute Gasteiger partial charge is 0.225 e. The van der Waals surface area contributed by atoms with Gasteiger partial charge in [-0.25, -0.2) is 0 Å². The number of ether oxygens (including phenoxy) is 2. The van der Waals surface area contributed by atoms with Gasteiger partial charge >= 0.3 is 0 Å². The fourth-order valence-electron chi connectivity index (χ4n) is 3.86. The molecule has 3 rings (SSSR count). The zero-order valence-electron chi connectivity index (χ0n) is 13.0. The lowest BCUT2D eigenvalue weighted by Gasteiger charge is -2.27. The molecule has 0 N–H and O–H groups in total. The Hall–Kier alpha value is -0.260. The number of amides is 1. The predicted molar refractivity (Wildman–Crippen MR) is 84.5 cm³/mol. The topological polar surface area (TPSA) is 38.8 Å². The number of carbonyl (C=O) groups excluding carboxylic acids is 1. The summed E-state index contributed by atoms with van der Waals surface area (Å²) in [4.78, 5) is 14.7. The Balaban J connectivity index is 1.51. The van der Waals surface area contributed by atoms with Gasteiger partial charge in [-0.05, 0) is 43.6 Å². The van der Waals surface area contributed by atoms with E-state index in [9.17, 15) is 4.79 Å². The number of carbonyl (C=O) groups is 1. The van der Waals surface area contributed by atoms with Gasteiger partial charge in [-0.2, -0.15) is 11.8 Å². The standard InChI is InChI=1S/C16H27NO3S/c1-2-19-6-3-13-11-20-15-10-17(9-14(13)15)16(18)12-4-7-21-8-5-12/h12-15H,2-11H2,1H3/t13-,14-,15-/m1/s1. The average molecular weight is 313 g/mol. The molecule has 0 spiro atoms. The van der Waals surface area contributed by atoms with Crippen molar-refractivity contribution in [3.05, 3.63) is 0 Å². The Morgan fingerprint density at radius 1 is 1.33 bits per heavy atom. The summed E-state index contributed by atoms with van der Waals surface area (Å²) in [6.45, 7) is 6.21. The van der Waals surface area contributed by atoms with Gasteiger partial charge in [-0.3, -0.25) is 4.79 Å². The maximum Gasteiger partial charge on any atom is 0.225 e. The van der Waals surface area contributed by atoms with Crippen LogP contribution in [0.5, 0.6) is 0 Å². The van der Waals surface area contributed by atoms with Crippen molar-refractivity contribution in [3.63, 3.8) is 0 Å². The molecule has 120 valence electrons. The Morgan fingerprint density at radius 3 is 2.90 bits per heavy atom. The third kappa shape index (κ3) is 3.57. The molecule has 0 bridgehead atoms. The number of nitrogens with zero attached hydrogens (tertiary/aromatic N) is 1. The van der Waals surface area contributed by atoms with Crippen LogP contribution in [0.15, 0.2) is 0 Å². The van der Waals surface area contributed by atoms with Gasteiger partial charge in [-0.15, -0.1) is 0 Å². The minimum absolute atomic E-state index is 0.270. The molecule has 3 aliphatic heterocycles. The molecule has 0 saturated carbocycles. The first kappa shape index (κ1) is 15.6. The molecule has 3 heterocycles. The zero-order chi connectivity index (χ0) is 14.7. The second kappa shape index (κ2) is 7.34. The zero-order valence-corrected chi connectivity index (χ0v) is 13.8. The normalized spacial score (nSPS) is 33.4. The highest BCUT2D eigenvalue weighted by atomic mass is 32.2. The molecule has 1 amide bonds. The highest BCUT2D eigenvalue weighted by Crippen LogP contribution is 2.37. The first-order valence-corrected chi connectivity index (χ1v) is 9.51. The van der Waals surface area contributed by atoms with E-state index >= 15 is 0 Å². The van der Waals surface area contributed by atoms with E-state index in [1.165, 1.54) is 0 Å². The Labute approximate surface area is 131 Å². The molecule has 4 nitrogen and oxygen atoms in total. The minimum atomic E-state index is 0.270. The van der Waals surface area contributed by atoms with E-state index in [-0.39, 0.29) is 12.0 Å². The summed E-state index contributed by atoms with van der Waals surface area (Å²) in [6.07, 6.45) is 3.46. The van der Waals surface area contributed by atoms with Crippen molar-refractivity contribution in [2.24, 2.45) is 17.8 Å². The summed E-state index contributed by atoms with van der Waals surface area (Å²) in [5.41, 5.74) is 0. The van der Waals surface area contributed by atoms with Crippen molar-refractivity contribution in [1.82, 2.24) is 4.90 Å². The van der Waals surface area contributed by atoms with Crippen molar-refractivity contribution in [2.75, 3.05) is 44.4 Å². The monoisotopic (exact) mass is 313 g/mol. The van der Waals surface area contributed by atoms with Gasteiger partial charge in [0.15, 0.2) is 0 Å². The van der Waals surface area contributed by atoms with Crippen LogP contribution in [-0.2, 0) is 14.3 Å². The van der Waals surface area contributed by atoms with Crippen LogP contribution in [0.4, 0.5) is 0 Å². The number of thioether (sulfide) groups is 1. The van der Waals surface area contributed by atoms with Crippen LogP contribution in [-0.4, -0.2) is 61.3 Å². The number of rotatable bonds is 5. The molecule has 0 aromatic carbocycles. The summed E-state index contributed by atoms with van der Waals surface area (Å²) in [5.74, 6) is 4.05. The molecular formula is C16H27NO3S. The third-order valence-corrected chi connectivity index (χ3v) is 6.21. The van der Waals surface area contributed by atoms with E-state index < -0.39 is 0 Å². The fraction of sp³-hybridized carbons (Fsp3) is 0.938. The molecule has 0 unspecified atom stereocenters. The van der Waals surface area contributed by atoms with Crippen LogP contribution in [0.1, 0.15) is 26.2 Å². The maximum atomic E-state index is 12.6. The van der Waals surface area contributed by atoms with Crippen molar-refractivity contribution in [2.45, 2.75) is 32.3 Å². The first-order valence-electron chi connectivity index (χ1n) is 8.35. The largest absolute Gasteiger partial charge is 0.382 e.